The third kappa shape index (κ3) is 2.46. The predicted molar refractivity (Wildman–Crippen MR) is 66.6 cm³/mol. The molecule has 0 aromatic heterocycles. The SMILES string of the molecule is CCC(Nc1cccc(Cl)c1C)C1CC1. The molecule has 1 unspecified atom stereocenters. The largest absolute Gasteiger partial charge is 0.382 e. The first-order chi connectivity index (χ1) is 7.22. The second-order valence-electron chi connectivity index (χ2n) is 4.41. The first kappa shape index (κ1) is 10.8. The molecule has 1 atom stereocenters. The van der Waals surface area contributed by atoms with E-state index in [4.69, 9.17) is 11.6 Å². The lowest BCUT2D eigenvalue weighted by Crippen LogP contribution is -2.21. The van der Waals surface area contributed by atoms with Gasteiger partial charge in [-0.05, 0) is 49.8 Å². The van der Waals surface area contributed by atoms with Crippen LogP contribution in [0, 0.1) is 12.8 Å². The first-order valence-electron chi connectivity index (χ1n) is 5.74. The molecule has 1 nitrogen and oxygen atoms in total. The molecular formula is C13H18ClN. The van der Waals surface area contributed by atoms with Crippen molar-refractivity contribution in [3.63, 3.8) is 0 Å². The Morgan fingerprint density at radius 2 is 2.20 bits per heavy atom. The number of rotatable bonds is 4. The third-order valence-corrected chi connectivity index (χ3v) is 3.65. The molecule has 1 fully saturated rings. The average molecular weight is 224 g/mol. The smallest absolute Gasteiger partial charge is 0.0455 e. The molecule has 0 heterocycles. The van der Waals surface area contributed by atoms with E-state index in [-0.39, 0.29) is 0 Å². The lowest BCUT2D eigenvalue weighted by atomic mass is 10.1. The van der Waals surface area contributed by atoms with Crippen LogP contribution in [0.1, 0.15) is 31.7 Å². The van der Waals surface area contributed by atoms with Gasteiger partial charge >= 0.3 is 0 Å². The number of anilines is 1. The van der Waals surface area contributed by atoms with E-state index in [2.05, 4.69) is 25.2 Å². The van der Waals surface area contributed by atoms with Gasteiger partial charge < -0.3 is 5.32 Å². The molecule has 1 N–H and O–H groups in total. The van der Waals surface area contributed by atoms with Gasteiger partial charge in [0, 0.05) is 16.8 Å². The Labute approximate surface area is 96.8 Å². The normalized spacial score (nSPS) is 17.5. The van der Waals surface area contributed by atoms with Gasteiger partial charge in [-0.1, -0.05) is 24.6 Å². The molecule has 2 rings (SSSR count). The molecule has 1 aromatic rings. The number of hydrogen-bond donors (Lipinski definition) is 1. The first-order valence-corrected chi connectivity index (χ1v) is 6.11. The summed E-state index contributed by atoms with van der Waals surface area (Å²) in [5, 5.41) is 4.47. The van der Waals surface area contributed by atoms with Gasteiger partial charge in [0.05, 0.1) is 0 Å². The van der Waals surface area contributed by atoms with E-state index in [1.807, 2.05) is 12.1 Å². The van der Waals surface area contributed by atoms with Crippen molar-refractivity contribution in [3.05, 3.63) is 28.8 Å². The highest BCUT2D eigenvalue weighted by Gasteiger charge is 2.29. The number of halogens is 1. The summed E-state index contributed by atoms with van der Waals surface area (Å²) in [5.74, 6) is 0.883. The highest BCUT2D eigenvalue weighted by atomic mass is 35.5. The highest BCUT2D eigenvalue weighted by molar-refractivity contribution is 6.31. The molecule has 0 bridgehead atoms. The van der Waals surface area contributed by atoms with E-state index in [0.29, 0.717) is 6.04 Å². The van der Waals surface area contributed by atoms with Crippen LogP contribution < -0.4 is 5.32 Å². The van der Waals surface area contributed by atoms with E-state index in [0.717, 1.165) is 10.9 Å². The Hall–Kier alpha value is -0.690. The fourth-order valence-electron chi connectivity index (χ4n) is 2.02. The monoisotopic (exact) mass is 223 g/mol. The zero-order chi connectivity index (χ0) is 10.8. The summed E-state index contributed by atoms with van der Waals surface area (Å²) < 4.78 is 0. The van der Waals surface area contributed by atoms with E-state index < -0.39 is 0 Å². The van der Waals surface area contributed by atoms with E-state index in [1.165, 1.54) is 30.5 Å². The van der Waals surface area contributed by atoms with Crippen LogP contribution >= 0.6 is 11.6 Å². The molecule has 0 spiro atoms. The molecule has 1 aromatic carbocycles. The quantitative estimate of drug-likeness (QED) is 0.805. The summed E-state index contributed by atoms with van der Waals surface area (Å²) in [6.45, 7) is 4.32. The zero-order valence-electron chi connectivity index (χ0n) is 9.39. The standard InChI is InChI=1S/C13H18ClN/c1-3-12(10-7-8-10)15-13-6-4-5-11(14)9(13)2/h4-6,10,12,15H,3,7-8H2,1-2H3. The zero-order valence-corrected chi connectivity index (χ0v) is 10.1. The van der Waals surface area contributed by atoms with Crippen LogP contribution in [0.2, 0.25) is 5.02 Å². The summed E-state index contributed by atoms with van der Waals surface area (Å²) in [5.41, 5.74) is 2.36. The summed E-state index contributed by atoms with van der Waals surface area (Å²) >= 11 is 6.10. The van der Waals surface area contributed by atoms with E-state index in [9.17, 15) is 0 Å². The predicted octanol–water partition coefficient (Wildman–Crippen LogP) is 4.25. The molecule has 0 radical (unpaired) electrons. The Morgan fingerprint density at radius 1 is 1.47 bits per heavy atom. The summed E-state index contributed by atoms with van der Waals surface area (Å²) in [4.78, 5) is 0. The fraction of sp³-hybridized carbons (Fsp3) is 0.538. The van der Waals surface area contributed by atoms with Crippen molar-refractivity contribution in [1.82, 2.24) is 0 Å². The third-order valence-electron chi connectivity index (χ3n) is 3.24. The molecule has 1 aliphatic carbocycles. The van der Waals surface area contributed by atoms with Crippen molar-refractivity contribution in [2.75, 3.05) is 5.32 Å². The number of hydrogen-bond acceptors (Lipinski definition) is 1. The minimum absolute atomic E-state index is 0.627. The van der Waals surface area contributed by atoms with Crippen LogP contribution in [-0.2, 0) is 0 Å². The summed E-state index contributed by atoms with van der Waals surface area (Å²) in [7, 11) is 0. The maximum absolute atomic E-state index is 6.10. The second-order valence-corrected chi connectivity index (χ2v) is 4.82. The Morgan fingerprint density at radius 3 is 2.80 bits per heavy atom. The Kier molecular flexibility index (Phi) is 3.20. The molecule has 0 amide bonds. The van der Waals surface area contributed by atoms with E-state index in [1.54, 1.807) is 0 Å². The summed E-state index contributed by atoms with van der Waals surface area (Å²) in [6.07, 6.45) is 3.95. The lowest BCUT2D eigenvalue weighted by molar-refractivity contribution is 0.616. The van der Waals surface area contributed by atoms with Crippen molar-refractivity contribution in [2.24, 2.45) is 5.92 Å². The fourth-order valence-corrected chi connectivity index (χ4v) is 2.19. The molecule has 15 heavy (non-hydrogen) atoms. The van der Waals surface area contributed by atoms with Crippen LogP contribution in [0.5, 0.6) is 0 Å². The minimum atomic E-state index is 0.627. The second kappa shape index (κ2) is 4.44. The number of benzene rings is 1. The highest BCUT2D eigenvalue weighted by Crippen LogP contribution is 2.36. The van der Waals surface area contributed by atoms with Gasteiger partial charge in [0.15, 0.2) is 0 Å². The van der Waals surface area contributed by atoms with Crippen molar-refractivity contribution in [1.29, 1.82) is 0 Å². The summed E-state index contributed by atoms with van der Waals surface area (Å²) in [6, 6.07) is 6.70. The maximum Gasteiger partial charge on any atom is 0.0455 e. The van der Waals surface area contributed by atoms with Crippen molar-refractivity contribution >= 4 is 17.3 Å². The van der Waals surface area contributed by atoms with Crippen LogP contribution in [0.25, 0.3) is 0 Å². The molecule has 82 valence electrons. The van der Waals surface area contributed by atoms with Gasteiger partial charge in [0.25, 0.3) is 0 Å². The average Bonchev–Trinajstić information content (AvgIpc) is 3.04. The molecule has 0 saturated heterocycles. The van der Waals surface area contributed by atoms with Crippen LogP contribution in [0.4, 0.5) is 5.69 Å². The van der Waals surface area contributed by atoms with Gasteiger partial charge in [-0.3, -0.25) is 0 Å². The lowest BCUT2D eigenvalue weighted by Gasteiger charge is -2.19. The molecule has 2 heteroatoms. The number of nitrogens with one attached hydrogen (secondary N) is 1. The molecular weight excluding hydrogens is 206 g/mol. The van der Waals surface area contributed by atoms with Gasteiger partial charge in [0.1, 0.15) is 0 Å². The van der Waals surface area contributed by atoms with Gasteiger partial charge in [-0.25, -0.2) is 0 Å². The van der Waals surface area contributed by atoms with Gasteiger partial charge in [0.2, 0.25) is 0 Å². The Bertz CT molecular complexity index is 344. The van der Waals surface area contributed by atoms with Crippen molar-refractivity contribution in [2.45, 2.75) is 39.2 Å². The molecule has 1 saturated carbocycles. The molecule has 1 aliphatic rings. The van der Waals surface area contributed by atoms with E-state index >= 15 is 0 Å². The van der Waals surface area contributed by atoms with Crippen molar-refractivity contribution in [3.8, 4) is 0 Å². The Balaban J connectivity index is 2.11. The maximum atomic E-state index is 6.10. The van der Waals surface area contributed by atoms with Crippen LogP contribution in [0.15, 0.2) is 18.2 Å². The van der Waals surface area contributed by atoms with Gasteiger partial charge in [-0.15, -0.1) is 0 Å². The topological polar surface area (TPSA) is 12.0 Å². The molecule has 0 aliphatic heterocycles. The van der Waals surface area contributed by atoms with Crippen LogP contribution in [-0.4, -0.2) is 6.04 Å². The van der Waals surface area contributed by atoms with Gasteiger partial charge in [-0.2, -0.15) is 0 Å². The minimum Gasteiger partial charge on any atom is -0.382 e. The van der Waals surface area contributed by atoms with Crippen LogP contribution in [0.3, 0.4) is 0 Å². The van der Waals surface area contributed by atoms with Crippen molar-refractivity contribution < 1.29 is 0 Å².